The van der Waals surface area contributed by atoms with Crippen molar-refractivity contribution in [1.29, 1.82) is 0 Å². The van der Waals surface area contributed by atoms with Crippen LogP contribution in [0.2, 0.25) is 0 Å². The molecule has 0 spiro atoms. The van der Waals surface area contributed by atoms with Crippen molar-refractivity contribution in [1.82, 2.24) is 0 Å². The average molecular weight is 144 g/mol. The van der Waals surface area contributed by atoms with Gasteiger partial charge in [-0.05, 0) is 0 Å². The average Bonchev–Trinajstić information content (AvgIpc) is 2.33. The highest BCUT2D eigenvalue weighted by atomic mass is 16.7. The minimum absolute atomic E-state index is 0.226. The van der Waals surface area contributed by atoms with Gasteiger partial charge < -0.3 is 9.47 Å². The van der Waals surface area contributed by atoms with E-state index in [0.29, 0.717) is 19.3 Å². The molecule has 3 heteroatoms. The van der Waals surface area contributed by atoms with Crippen molar-refractivity contribution < 1.29 is 14.3 Å². The molecule has 0 aromatic heterocycles. The van der Waals surface area contributed by atoms with Gasteiger partial charge in [-0.25, -0.2) is 0 Å². The quantitative estimate of drug-likeness (QED) is 0.536. The van der Waals surface area contributed by atoms with E-state index in [1.165, 1.54) is 0 Å². The monoisotopic (exact) mass is 144 g/mol. The van der Waals surface area contributed by atoms with Crippen molar-refractivity contribution >= 4 is 5.78 Å². The molecule has 0 bridgehead atoms. The van der Waals surface area contributed by atoms with Crippen LogP contribution < -0.4 is 0 Å². The molecule has 0 aromatic carbocycles. The summed E-state index contributed by atoms with van der Waals surface area (Å²) < 4.78 is 10.2. The van der Waals surface area contributed by atoms with Gasteiger partial charge in [-0.2, -0.15) is 0 Å². The van der Waals surface area contributed by atoms with Crippen LogP contribution in [-0.4, -0.2) is 25.8 Å². The Labute approximate surface area is 60.3 Å². The van der Waals surface area contributed by atoms with Gasteiger partial charge in [0, 0.05) is 27.1 Å². The zero-order valence-corrected chi connectivity index (χ0v) is 6.35. The maximum atomic E-state index is 10.8. The molecule has 10 heavy (non-hydrogen) atoms. The number of ketones is 1. The summed E-state index contributed by atoms with van der Waals surface area (Å²) in [5.41, 5.74) is 0. The summed E-state index contributed by atoms with van der Waals surface area (Å²) in [7, 11) is 3.14. The Kier molecular flexibility index (Phi) is 2.06. The number of rotatable bonds is 2. The molecule has 3 nitrogen and oxygen atoms in total. The lowest BCUT2D eigenvalue weighted by Gasteiger charge is -2.23. The number of carbonyl (C=O) groups excluding carboxylic acids is 1. The molecule has 1 aliphatic carbocycles. The van der Waals surface area contributed by atoms with E-state index >= 15 is 0 Å². The van der Waals surface area contributed by atoms with Gasteiger partial charge in [0.05, 0.1) is 6.42 Å². The summed E-state index contributed by atoms with van der Waals surface area (Å²) in [6, 6.07) is 0. The Morgan fingerprint density at radius 2 is 2.00 bits per heavy atom. The van der Waals surface area contributed by atoms with Crippen LogP contribution in [-0.2, 0) is 14.3 Å². The number of methoxy groups -OCH3 is 2. The van der Waals surface area contributed by atoms with Crippen molar-refractivity contribution in [3.05, 3.63) is 0 Å². The lowest BCUT2D eigenvalue weighted by Crippen LogP contribution is -2.30. The molecule has 0 amide bonds. The van der Waals surface area contributed by atoms with E-state index in [-0.39, 0.29) is 5.78 Å². The first-order valence-corrected chi connectivity index (χ1v) is 3.34. The maximum Gasteiger partial charge on any atom is 0.174 e. The second-order valence-corrected chi connectivity index (χ2v) is 2.53. The predicted octanol–water partition coefficient (Wildman–Crippen LogP) is 0.729. The summed E-state index contributed by atoms with van der Waals surface area (Å²) >= 11 is 0. The van der Waals surface area contributed by atoms with Gasteiger partial charge in [0.2, 0.25) is 0 Å². The second-order valence-electron chi connectivity index (χ2n) is 2.53. The van der Waals surface area contributed by atoms with Crippen LogP contribution in [0.4, 0.5) is 0 Å². The van der Waals surface area contributed by atoms with Crippen LogP contribution >= 0.6 is 0 Å². The van der Waals surface area contributed by atoms with Gasteiger partial charge in [0.1, 0.15) is 5.78 Å². The predicted molar refractivity (Wildman–Crippen MR) is 35.6 cm³/mol. The van der Waals surface area contributed by atoms with Crippen molar-refractivity contribution in [3.63, 3.8) is 0 Å². The first kappa shape index (κ1) is 7.69. The van der Waals surface area contributed by atoms with Gasteiger partial charge in [-0.15, -0.1) is 0 Å². The van der Waals surface area contributed by atoms with E-state index in [9.17, 15) is 4.79 Å². The van der Waals surface area contributed by atoms with Crippen LogP contribution in [0.3, 0.4) is 0 Å². The molecule has 0 heterocycles. The fourth-order valence-corrected chi connectivity index (χ4v) is 1.24. The number of ether oxygens (including phenoxy) is 2. The van der Waals surface area contributed by atoms with Gasteiger partial charge >= 0.3 is 0 Å². The Bertz CT molecular complexity index is 138. The highest BCUT2D eigenvalue weighted by molar-refractivity contribution is 5.81. The molecule has 0 unspecified atom stereocenters. The summed E-state index contributed by atoms with van der Waals surface area (Å²) in [6.07, 6.45) is 1.68. The van der Waals surface area contributed by atoms with Gasteiger partial charge in [-0.1, -0.05) is 0 Å². The number of hydrogen-bond donors (Lipinski definition) is 0. The van der Waals surface area contributed by atoms with E-state index in [0.717, 1.165) is 0 Å². The normalized spacial score (nSPS) is 23.6. The molecule has 0 aliphatic heterocycles. The first-order valence-electron chi connectivity index (χ1n) is 3.34. The molecule has 0 aromatic rings. The number of Topliss-reactive ketones (excluding diaryl/α,β-unsaturated/α-hetero) is 1. The van der Waals surface area contributed by atoms with Gasteiger partial charge in [0.15, 0.2) is 5.79 Å². The SMILES string of the molecule is COC1(OC)CCC(=O)C1. The van der Waals surface area contributed by atoms with E-state index in [1.54, 1.807) is 14.2 Å². The third kappa shape index (κ3) is 1.20. The molecule has 0 atom stereocenters. The topological polar surface area (TPSA) is 35.5 Å². The van der Waals surface area contributed by atoms with Crippen LogP contribution in [0.5, 0.6) is 0 Å². The second kappa shape index (κ2) is 2.68. The van der Waals surface area contributed by atoms with E-state index in [4.69, 9.17) is 9.47 Å². The van der Waals surface area contributed by atoms with Gasteiger partial charge in [0.25, 0.3) is 0 Å². The summed E-state index contributed by atoms with van der Waals surface area (Å²) in [4.78, 5) is 10.8. The molecular formula is C7H12O3. The fraction of sp³-hybridized carbons (Fsp3) is 0.857. The maximum absolute atomic E-state index is 10.8. The molecule has 1 aliphatic rings. The summed E-state index contributed by atoms with van der Waals surface area (Å²) in [6.45, 7) is 0. The Balaban J connectivity index is 2.59. The third-order valence-electron chi connectivity index (χ3n) is 2.00. The molecule has 58 valence electrons. The molecule has 1 saturated carbocycles. The van der Waals surface area contributed by atoms with Crippen LogP contribution in [0.25, 0.3) is 0 Å². The minimum Gasteiger partial charge on any atom is -0.353 e. The highest BCUT2D eigenvalue weighted by Crippen LogP contribution is 2.30. The van der Waals surface area contributed by atoms with Crippen molar-refractivity contribution in [2.45, 2.75) is 25.0 Å². The molecule has 0 saturated heterocycles. The van der Waals surface area contributed by atoms with Crippen molar-refractivity contribution in [2.75, 3.05) is 14.2 Å². The zero-order chi connectivity index (χ0) is 7.61. The highest BCUT2D eigenvalue weighted by Gasteiger charge is 2.38. The Morgan fingerprint density at radius 1 is 1.40 bits per heavy atom. The molecular weight excluding hydrogens is 132 g/mol. The van der Waals surface area contributed by atoms with Crippen LogP contribution in [0, 0.1) is 0 Å². The van der Waals surface area contributed by atoms with Gasteiger partial charge in [-0.3, -0.25) is 4.79 Å². The van der Waals surface area contributed by atoms with Crippen LogP contribution in [0.15, 0.2) is 0 Å². The smallest absolute Gasteiger partial charge is 0.174 e. The Morgan fingerprint density at radius 3 is 2.20 bits per heavy atom. The third-order valence-corrected chi connectivity index (χ3v) is 2.00. The molecule has 0 radical (unpaired) electrons. The molecule has 1 fully saturated rings. The number of carbonyl (C=O) groups is 1. The van der Waals surface area contributed by atoms with E-state index < -0.39 is 5.79 Å². The van der Waals surface area contributed by atoms with E-state index in [1.807, 2.05) is 0 Å². The Hall–Kier alpha value is -0.410. The molecule has 1 rings (SSSR count). The first-order chi connectivity index (χ1) is 4.72. The standard InChI is InChI=1S/C7H12O3/c1-9-7(10-2)4-3-6(8)5-7/h3-5H2,1-2H3. The molecule has 0 N–H and O–H groups in total. The lowest BCUT2D eigenvalue weighted by atomic mass is 10.2. The van der Waals surface area contributed by atoms with Crippen LogP contribution in [0.1, 0.15) is 19.3 Å². The zero-order valence-electron chi connectivity index (χ0n) is 6.35. The summed E-state index contributed by atoms with van der Waals surface area (Å²) in [5, 5.41) is 0. The summed E-state index contributed by atoms with van der Waals surface area (Å²) in [5.74, 6) is -0.374. The number of hydrogen-bond acceptors (Lipinski definition) is 3. The van der Waals surface area contributed by atoms with Crippen molar-refractivity contribution in [3.8, 4) is 0 Å². The lowest BCUT2D eigenvalue weighted by molar-refractivity contribution is -0.200. The van der Waals surface area contributed by atoms with E-state index in [2.05, 4.69) is 0 Å². The fourth-order valence-electron chi connectivity index (χ4n) is 1.24. The minimum atomic E-state index is -0.600. The van der Waals surface area contributed by atoms with Crippen molar-refractivity contribution in [2.24, 2.45) is 0 Å². The largest absolute Gasteiger partial charge is 0.353 e.